The number of amides is 1. The Bertz CT molecular complexity index is 608. The first-order chi connectivity index (χ1) is 9.29. The Morgan fingerprint density at radius 2 is 2.25 bits per heavy atom. The van der Waals surface area contributed by atoms with E-state index >= 15 is 0 Å². The second-order valence-electron chi connectivity index (χ2n) is 5.19. The van der Waals surface area contributed by atoms with Gasteiger partial charge in [-0.15, -0.1) is 0 Å². The van der Waals surface area contributed by atoms with E-state index in [0.29, 0.717) is 6.54 Å². The number of aliphatic hydroxyl groups is 1. The van der Waals surface area contributed by atoms with Crippen molar-refractivity contribution >= 4 is 15.9 Å². The number of primary sulfonamides is 1. The number of aryl methyl sites for hydroxylation is 1. The van der Waals surface area contributed by atoms with Gasteiger partial charge < -0.3 is 15.0 Å². The highest BCUT2D eigenvalue weighted by molar-refractivity contribution is 7.89. The maximum Gasteiger partial charge on any atom is 0.267 e. The number of carbonyl (C=O) groups excluding carboxylic acids is 1. The van der Waals surface area contributed by atoms with Crippen molar-refractivity contribution in [2.45, 2.75) is 30.3 Å². The molecule has 0 saturated heterocycles. The van der Waals surface area contributed by atoms with Crippen LogP contribution in [0.1, 0.15) is 29.8 Å². The molecule has 0 aliphatic heterocycles. The topological polar surface area (TPSA) is 114 Å². The molecule has 2 atom stereocenters. The number of nitrogens with zero attached hydrogens (tertiary/aromatic N) is 1. The van der Waals surface area contributed by atoms with Gasteiger partial charge in [-0.2, -0.15) is 0 Å². The van der Waals surface area contributed by atoms with E-state index in [0.717, 1.165) is 19.3 Å². The molecule has 1 fully saturated rings. The summed E-state index contributed by atoms with van der Waals surface area (Å²) in [6.45, 7) is 0.385. The Morgan fingerprint density at radius 3 is 2.75 bits per heavy atom. The van der Waals surface area contributed by atoms with E-state index in [4.69, 9.17) is 5.14 Å². The Hall–Kier alpha value is -1.38. The van der Waals surface area contributed by atoms with E-state index in [-0.39, 0.29) is 28.5 Å². The lowest BCUT2D eigenvalue weighted by Crippen LogP contribution is -2.33. The molecule has 1 amide bonds. The Kier molecular flexibility index (Phi) is 4.17. The quantitative estimate of drug-likeness (QED) is 0.699. The van der Waals surface area contributed by atoms with Crippen LogP contribution in [-0.4, -0.2) is 36.6 Å². The fraction of sp³-hybridized carbons (Fsp3) is 0.583. The van der Waals surface area contributed by atoms with Gasteiger partial charge in [0, 0.05) is 25.7 Å². The van der Waals surface area contributed by atoms with Gasteiger partial charge in [0.1, 0.15) is 10.6 Å². The predicted octanol–water partition coefficient (Wildman–Crippen LogP) is -0.437. The van der Waals surface area contributed by atoms with Crippen LogP contribution in [0.25, 0.3) is 0 Å². The molecule has 0 spiro atoms. The number of aromatic nitrogens is 1. The Labute approximate surface area is 117 Å². The lowest BCUT2D eigenvalue weighted by atomic mass is 10.1. The molecule has 112 valence electrons. The number of hydrogen-bond acceptors (Lipinski definition) is 4. The first kappa shape index (κ1) is 15.0. The third-order valence-corrected chi connectivity index (χ3v) is 4.57. The van der Waals surface area contributed by atoms with Crippen molar-refractivity contribution in [3.8, 4) is 0 Å². The second kappa shape index (κ2) is 5.55. The highest BCUT2D eigenvalue weighted by atomic mass is 32.2. The maximum absolute atomic E-state index is 12.0. The minimum atomic E-state index is -3.82. The number of carbonyl (C=O) groups is 1. The number of hydrogen-bond donors (Lipinski definition) is 3. The lowest BCUT2D eigenvalue weighted by molar-refractivity contribution is 0.0909. The van der Waals surface area contributed by atoms with Crippen LogP contribution in [-0.2, 0) is 17.1 Å². The van der Waals surface area contributed by atoms with Crippen LogP contribution in [0.4, 0.5) is 0 Å². The normalized spacial score (nSPS) is 22.9. The van der Waals surface area contributed by atoms with Crippen LogP contribution < -0.4 is 10.5 Å². The van der Waals surface area contributed by atoms with Gasteiger partial charge in [-0.1, -0.05) is 6.42 Å². The van der Waals surface area contributed by atoms with Gasteiger partial charge in [0.25, 0.3) is 5.91 Å². The molecule has 20 heavy (non-hydrogen) atoms. The molecule has 1 saturated carbocycles. The van der Waals surface area contributed by atoms with Gasteiger partial charge in [0.15, 0.2) is 0 Å². The minimum Gasteiger partial charge on any atom is -0.393 e. The smallest absolute Gasteiger partial charge is 0.267 e. The van der Waals surface area contributed by atoms with Gasteiger partial charge in [-0.3, -0.25) is 4.79 Å². The van der Waals surface area contributed by atoms with E-state index in [1.54, 1.807) is 7.05 Å². The summed E-state index contributed by atoms with van der Waals surface area (Å²) in [5.74, 6) is -0.307. The fourth-order valence-corrected chi connectivity index (χ4v) is 3.07. The van der Waals surface area contributed by atoms with Gasteiger partial charge in [0.05, 0.1) is 6.10 Å². The summed E-state index contributed by atoms with van der Waals surface area (Å²) in [6, 6.07) is 1.25. The summed E-state index contributed by atoms with van der Waals surface area (Å²) in [5.41, 5.74) is 0.224. The molecule has 1 heterocycles. The predicted molar refractivity (Wildman–Crippen MR) is 72.5 cm³/mol. The van der Waals surface area contributed by atoms with E-state index in [9.17, 15) is 18.3 Å². The molecule has 0 aromatic carbocycles. The molecular weight excluding hydrogens is 282 g/mol. The van der Waals surface area contributed by atoms with Crippen molar-refractivity contribution in [1.29, 1.82) is 0 Å². The number of aliphatic hydroxyl groups excluding tert-OH is 1. The molecule has 0 bridgehead atoms. The zero-order chi connectivity index (χ0) is 14.9. The van der Waals surface area contributed by atoms with Crippen LogP contribution >= 0.6 is 0 Å². The first-order valence-electron chi connectivity index (χ1n) is 6.44. The SMILES string of the molecule is Cn1cc(S(N)(=O)=O)cc1C(=O)NCC1CCCC1O. The molecule has 1 aliphatic carbocycles. The van der Waals surface area contributed by atoms with Gasteiger partial charge in [-0.05, 0) is 18.9 Å². The average Bonchev–Trinajstić information content (AvgIpc) is 2.92. The Balaban J connectivity index is 2.04. The lowest BCUT2D eigenvalue weighted by Gasteiger charge is -2.15. The van der Waals surface area contributed by atoms with Crippen LogP contribution in [0.3, 0.4) is 0 Å². The van der Waals surface area contributed by atoms with Gasteiger partial charge in [-0.25, -0.2) is 13.6 Å². The first-order valence-corrected chi connectivity index (χ1v) is 7.99. The summed E-state index contributed by atoms with van der Waals surface area (Å²) >= 11 is 0. The standard InChI is InChI=1S/C12H19N3O4S/c1-15-7-9(20(13,18)19)5-10(15)12(17)14-6-8-3-2-4-11(8)16/h5,7-8,11,16H,2-4,6H2,1H3,(H,14,17)(H2,13,18,19). The molecule has 4 N–H and O–H groups in total. The number of nitrogens with one attached hydrogen (secondary N) is 1. The summed E-state index contributed by atoms with van der Waals surface area (Å²) < 4.78 is 23.9. The fourth-order valence-electron chi connectivity index (χ4n) is 2.49. The second-order valence-corrected chi connectivity index (χ2v) is 6.75. The molecule has 1 aromatic heterocycles. The molecule has 2 unspecified atom stereocenters. The van der Waals surface area contributed by atoms with Crippen LogP contribution in [0, 0.1) is 5.92 Å². The average molecular weight is 301 g/mol. The highest BCUT2D eigenvalue weighted by Crippen LogP contribution is 2.24. The van der Waals surface area contributed by atoms with E-state index in [2.05, 4.69) is 5.32 Å². The molecular formula is C12H19N3O4S. The van der Waals surface area contributed by atoms with Crippen molar-refractivity contribution < 1.29 is 18.3 Å². The summed E-state index contributed by atoms with van der Waals surface area (Å²) in [4.78, 5) is 11.9. The highest BCUT2D eigenvalue weighted by Gasteiger charge is 2.26. The van der Waals surface area contributed by atoms with Gasteiger partial charge in [0.2, 0.25) is 10.0 Å². The monoisotopic (exact) mass is 301 g/mol. The third-order valence-electron chi connectivity index (χ3n) is 3.68. The van der Waals surface area contributed by atoms with Crippen molar-refractivity contribution in [1.82, 2.24) is 9.88 Å². The maximum atomic E-state index is 12.0. The van der Waals surface area contributed by atoms with Crippen molar-refractivity contribution in [2.24, 2.45) is 18.1 Å². The van der Waals surface area contributed by atoms with Crippen molar-refractivity contribution in [3.63, 3.8) is 0 Å². The zero-order valence-electron chi connectivity index (χ0n) is 11.2. The largest absolute Gasteiger partial charge is 0.393 e. The molecule has 0 radical (unpaired) electrons. The minimum absolute atomic E-state index is 0.0666. The third kappa shape index (κ3) is 3.20. The van der Waals surface area contributed by atoms with Crippen LogP contribution in [0.15, 0.2) is 17.2 Å². The molecule has 8 heteroatoms. The molecule has 1 aliphatic rings. The molecule has 7 nitrogen and oxygen atoms in total. The summed E-state index contributed by atoms with van der Waals surface area (Å²) in [7, 11) is -2.24. The van der Waals surface area contributed by atoms with Crippen LogP contribution in [0.5, 0.6) is 0 Å². The summed E-state index contributed by atoms with van der Waals surface area (Å²) in [5, 5.41) is 17.4. The van der Waals surface area contributed by atoms with E-state index < -0.39 is 10.0 Å². The number of sulfonamides is 1. The number of nitrogens with two attached hydrogens (primary N) is 1. The van der Waals surface area contributed by atoms with E-state index in [1.165, 1.54) is 16.8 Å². The molecule has 2 rings (SSSR count). The van der Waals surface area contributed by atoms with Crippen LogP contribution in [0.2, 0.25) is 0 Å². The summed E-state index contributed by atoms with van der Waals surface area (Å²) in [6.07, 6.45) is 3.54. The molecule has 1 aromatic rings. The number of rotatable bonds is 4. The van der Waals surface area contributed by atoms with Gasteiger partial charge >= 0.3 is 0 Å². The van der Waals surface area contributed by atoms with Crippen molar-refractivity contribution in [2.75, 3.05) is 6.54 Å². The van der Waals surface area contributed by atoms with E-state index in [1.807, 2.05) is 0 Å². The van der Waals surface area contributed by atoms with Crippen molar-refractivity contribution in [3.05, 3.63) is 18.0 Å². The Morgan fingerprint density at radius 1 is 1.55 bits per heavy atom. The zero-order valence-corrected chi connectivity index (χ0v) is 12.1.